The molecule has 2 rings (SSSR count). The predicted octanol–water partition coefficient (Wildman–Crippen LogP) is 0.898. The van der Waals surface area contributed by atoms with Gasteiger partial charge in [0.15, 0.2) is 0 Å². The third kappa shape index (κ3) is 2.85. The number of rotatable bonds is 3. The molecule has 0 spiro atoms. The summed E-state index contributed by atoms with van der Waals surface area (Å²) >= 11 is 0. The minimum Gasteiger partial charge on any atom is -0.455 e. The first kappa shape index (κ1) is 13.4. The molecule has 1 fully saturated rings. The molecule has 6 nitrogen and oxygen atoms in total. The van der Waals surface area contributed by atoms with Gasteiger partial charge in [0.25, 0.3) is 9.05 Å². The van der Waals surface area contributed by atoms with E-state index in [0.717, 1.165) is 0 Å². The van der Waals surface area contributed by atoms with Crippen molar-refractivity contribution in [2.75, 3.05) is 13.2 Å². The quantitative estimate of drug-likeness (QED) is 0.611. The van der Waals surface area contributed by atoms with Crippen molar-refractivity contribution in [1.29, 1.82) is 0 Å². The van der Waals surface area contributed by atoms with Crippen molar-refractivity contribution in [1.82, 2.24) is 4.57 Å². The minimum atomic E-state index is -3.85. The van der Waals surface area contributed by atoms with Crippen LogP contribution in [-0.4, -0.2) is 38.3 Å². The van der Waals surface area contributed by atoms with E-state index in [2.05, 4.69) is 0 Å². The fourth-order valence-corrected chi connectivity index (χ4v) is 2.48. The van der Waals surface area contributed by atoms with Gasteiger partial charge in [-0.1, -0.05) is 0 Å². The van der Waals surface area contributed by atoms with E-state index in [4.69, 9.17) is 20.2 Å². The van der Waals surface area contributed by atoms with Crippen LogP contribution in [-0.2, 0) is 25.6 Å². The maximum Gasteiger partial charge on any atom is 0.355 e. The molecule has 2 heterocycles. The number of carbonyl (C=O) groups excluding carboxylic acids is 1. The molecule has 1 aromatic heterocycles. The monoisotopic (exact) mass is 293 g/mol. The highest BCUT2D eigenvalue weighted by atomic mass is 35.7. The van der Waals surface area contributed by atoms with Crippen molar-refractivity contribution in [3.8, 4) is 0 Å². The van der Waals surface area contributed by atoms with Gasteiger partial charge in [-0.25, -0.2) is 13.2 Å². The van der Waals surface area contributed by atoms with E-state index < -0.39 is 15.0 Å². The maximum atomic E-state index is 11.8. The number of aromatic nitrogens is 1. The number of hydrogen-bond donors (Lipinski definition) is 0. The van der Waals surface area contributed by atoms with E-state index in [-0.39, 0.29) is 16.7 Å². The summed E-state index contributed by atoms with van der Waals surface area (Å²) in [6.07, 6.45) is 1.64. The average molecular weight is 294 g/mol. The molecule has 0 aromatic carbocycles. The normalized spacial score (nSPS) is 20.0. The second kappa shape index (κ2) is 4.91. The SMILES string of the molecule is Cn1cc(S(=O)(=O)Cl)cc1C(=O)OC1CCOC1. The van der Waals surface area contributed by atoms with E-state index in [1.807, 2.05) is 0 Å². The average Bonchev–Trinajstić information content (AvgIpc) is 2.85. The lowest BCUT2D eigenvalue weighted by molar-refractivity contribution is 0.0260. The van der Waals surface area contributed by atoms with Crippen molar-refractivity contribution in [2.45, 2.75) is 17.4 Å². The molecule has 1 aliphatic heterocycles. The topological polar surface area (TPSA) is 74.6 Å². The van der Waals surface area contributed by atoms with E-state index in [0.29, 0.717) is 19.6 Å². The fourth-order valence-electron chi connectivity index (χ4n) is 1.69. The van der Waals surface area contributed by atoms with Gasteiger partial charge in [0, 0.05) is 30.3 Å². The Hall–Kier alpha value is -1.05. The van der Waals surface area contributed by atoms with Crippen LogP contribution in [0, 0.1) is 0 Å². The van der Waals surface area contributed by atoms with Gasteiger partial charge >= 0.3 is 5.97 Å². The highest BCUT2D eigenvalue weighted by Gasteiger charge is 2.24. The van der Waals surface area contributed by atoms with Crippen LogP contribution in [0.4, 0.5) is 0 Å². The molecule has 1 aromatic rings. The Balaban J connectivity index is 2.17. The molecular weight excluding hydrogens is 282 g/mol. The molecule has 0 amide bonds. The number of ether oxygens (including phenoxy) is 2. The van der Waals surface area contributed by atoms with Crippen LogP contribution in [0.5, 0.6) is 0 Å². The van der Waals surface area contributed by atoms with Crippen molar-refractivity contribution < 1.29 is 22.7 Å². The Bertz CT molecular complexity index is 559. The third-order valence-corrected chi connectivity index (χ3v) is 3.95. The van der Waals surface area contributed by atoms with Crippen LogP contribution in [0.15, 0.2) is 17.2 Å². The molecule has 18 heavy (non-hydrogen) atoms. The first-order valence-corrected chi connectivity index (χ1v) is 7.58. The number of aryl methyl sites for hydroxylation is 1. The van der Waals surface area contributed by atoms with Gasteiger partial charge in [0.2, 0.25) is 0 Å². The van der Waals surface area contributed by atoms with Gasteiger partial charge < -0.3 is 14.0 Å². The highest BCUT2D eigenvalue weighted by molar-refractivity contribution is 8.13. The lowest BCUT2D eigenvalue weighted by Crippen LogP contribution is -2.19. The summed E-state index contributed by atoms with van der Waals surface area (Å²) in [7, 11) is 2.91. The van der Waals surface area contributed by atoms with Crippen LogP contribution in [0.2, 0.25) is 0 Å². The van der Waals surface area contributed by atoms with Crippen molar-refractivity contribution >= 4 is 25.7 Å². The number of nitrogens with zero attached hydrogens (tertiary/aromatic N) is 1. The molecular formula is C10H12ClNO5S. The molecule has 100 valence electrons. The van der Waals surface area contributed by atoms with Crippen LogP contribution in [0.1, 0.15) is 16.9 Å². The van der Waals surface area contributed by atoms with Gasteiger partial charge in [-0.15, -0.1) is 0 Å². The summed E-state index contributed by atoms with van der Waals surface area (Å²) in [5, 5.41) is 0. The second-order valence-electron chi connectivity index (χ2n) is 4.00. The molecule has 0 radical (unpaired) electrons. The van der Waals surface area contributed by atoms with E-state index >= 15 is 0 Å². The summed E-state index contributed by atoms with van der Waals surface area (Å²) in [6.45, 7) is 0.934. The Labute approximate surface area is 109 Å². The summed E-state index contributed by atoms with van der Waals surface area (Å²) < 4.78 is 33.9. The summed E-state index contributed by atoms with van der Waals surface area (Å²) in [5.41, 5.74) is 0.140. The van der Waals surface area contributed by atoms with Gasteiger partial charge in [0.1, 0.15) is 16.7 Å². The Morgan fingerprint density at radius 1 is 1.61 bits per heavy atom. The van der Waals surface area contributed by atoms with Gasteiger partial charge in [0.05, 0.1) is 13.2 Å². The summed E-state index contributed by atoms with van der Waals surface area (Å²) in [4.78, 5) is 11.7. The van der Waals surface area contributed by atoms with Crippen molar-refractivity contribution in [3.05, 3.63) is 18.0 Å². The van der Waals surface area contributed by atoms with Gasteiger partial charge in [-0.2, -0.15) is 0 Å². The van der Waals surface area contributed by atoms with Crippen molar-refractivity contribution in [3.63, 3.8) is 0 Å². The van der Waals surface area contributed by atoms with Crippen LogP contribution >= 0.6 is 10.7 Å². The summed E-state index contributed by atoms with van der Waals surface area (Å²) in [6, 6.07) is 1.19. The van der Waals surface area contributed by atoms with Crippen LogP contribution in [0.3, 0.4) is 0 Å². The molecule has 1 saturated heterocycles. The Morgan fingerprint density at radius 2 is 2.33 bits per heavy atom. The second-order valence-corrected chi connectivity index (χ2v) is 6.57. The molecule has 0 N–H and O–H groups in total. The molecule has 0 bridgehead atoms. The van der Waals surface area contributed by atoms with E-state index in [1.165, 1.54) is 16.8 Å². The molecule has 0 saturated carbocycles. The lowest BCUT2D eigenvalue weighted by atomic mass is 10.3. The standard InChI is InChI=1S/C10H12ClNO5S/c1-12-5-8(18(11,14)15)4-9(12)10(13)17-7-2-3-16-6-7/h4-5,7H,2-3,6H2,1H3. The number of halogens is 1. The summed E-state index contributed by atoms with van der Waals surface area (Å²) in [5.74, 6) is -0.584. The molecule has 1 aliphatic rings. The zero-order valence-electron chi connectivity index (χ0n) is 9.63. The van der Waals surface area contributed by atoms with Crippen molar-refractivity contribution in [2.24, 2.45) is 7.05 Å². The van der Waals surface area contributed by atoms with Crippen LogP contribution < -0.4 is 0 Å². The largest absolute Gasteiger partial charge is 0.455 e. The molecule has 1 atom stereocenters. The van der Waals surface area contributed by atoms with E-state index in [1.54, 1.807) is 7.05 Å². The molecule has 1 unspecified atom stereocenters. The fraction of sp³-hybridized carbons (Fsp3) is 0.500. The molecule has 8 heteroatoms. The highest BCUT2D eigenvalue weighted by Crippen LogP contribution is 2.19. The van der Waals surface area contributed by atoms with Gasteiger partial charge in [-0.05, 0) is 6.07 Å². The number of esters is 1. The minimum absolute atomic E-state index is 0.124. The predicted molar refractivity (Wildman–Crippen MR) is 63.1 cm³/mol. The smallest absolute Gasteiger partial charge is 0.355 e. The Morgan fingerprint density at radius 3 is 2.83 bits per heavy atom. The third-order valence-electron chi connectivity index (χ3n) is 2.63. The zero-order chi connectivity index (χ0) is 13.3. The lowest BCUT2D eigenvalue weighted by Gasteiger charge is -2.09. The first-order chi connectivity index (χ1) is 8.38. The van der Waals surface area contributed by atoms with E-state index in [9.17, 15) is 13.2 Å². The number of carbonyl (C=O) groups is 1. The first-order valence-electron chi connectivity index (χ1n) is 5.27. The Kier molecular flexibility index (Phi) is 3.65. The van der Waals surface area contributed by atoms with Crippen LogP contribution in [0.25, 0.3) is 0 Å². The van der Waals surface area contributed by atoms with Gasteiger partial charge in [-0.3, -0.25) is 0 Å². The zero-order valence-corrected chi connectivity index (χ0v) is 11.2. The maximum absolute atomic E-state index is 11.8. The molecule has 0 aliphatic carbocycles. The number of hydrogen-bond acceptors (Lipinski definition) is 5.